The number of benzene rings is 1. The van der Waals surface area contributed by atoms with E-state index in [1.54, 1.807) is 11.3 Å². The molecule has 0 aliphatic heterocycles. The Morgan fingerprint density at radius 1 is 1.24 bits per heavy atom. The molecule has 7 heteroatoms. The van der Waals surface area contributed by atoms with Crippen molar-refractivity contribution in [2.45, 2.75) is 33.2 Å². The van der Waals surface area contributed by atoms with Gasteiger partial charge < -0.3 is 10.2 Å². The Morgan fingerprint density at radius 3 is 2.64 bits per heavy atom. The molecule has 1 heterocycles. The van der Waals surface area contributed by atoms with E-state index < -0.39 is 6.03 Å². The van der Waals surface area contributed by atoms with Gasteiger partial charge in [-0.05, 0) is 31.4 Å². The second kappa shape index (κ2) is 8.92. The Hall–Kier alpha value is -1.99. The maximum Gasteiger partial charge on any atom is 0.321 e. The number of fused-ring (bicyclic) bond motifs is 1. The Morgan fingerprint density at radius 2 is 1.96 bits per heavy atom. The summed E-state index contributed by atoms with van der Waals surface area (Å²) in [6.45, 7) is 7.01. The molecule has 0 fully saturated rings. The minimum atomic E-state index is -0.425. The van der Waals surface area contributed by atoms with E-state index in [-0.39, 0.29) is 18.5 Å². The summed E-state index contributed by atoms with van der Waals surface area (Å²) in [6, 6.07) is 7.66. The smallest absolute Gasteiger partial charge is 0.321 e. The summed E-state index contributed by atoms with van der Waals surface area (Å²) in [7, 11) is 1.94. The maximum absolute atomic E-state index is 12.1. The highest BCUT2D eigenvalue weighted by Crippen LogP contribution is 2.24. The van der Waals surface area contributed by atoms with Gasteiger partial charge in [-0.2, -0.15) is 0 Å². The molecule has 2 aromatic rings. The molecule has 0 saturated carbocycles. The number of carbonyl (C=O) groups excluding carboxylic acids is 2. The number of aromatic nitrogens is 1. The molecule has 0 aliphatic rings. The van der Waals surface area contributed by atoms with Gasteiger partial charge in [-0.15, -0.1) is 11.3 Å². The number of imide groups is 1. The zero-order chi connectivity index (χ0) is 18.4. The lowest BCUT2D eigenvalue weighted by Gasteiger charge is -2.19. The lowest BCUT2D eigenvalue weighted by atomic mass is 10.1. The van der Waals surface area contributed by atoms with Crippen LogP contribution in [0, 0.1) is 5.92 Å². The molecule has 3 amide bonds. The summed E-state index contributed by atoms with van der Waals surface area (Å²) in [5.41, 5.74) is 0.983. The summed E-state index contributed by atoms with van der Waals surface area (Å²) >= 11 is 1.65. The predicted octanol–water partition coefficient (Wildman–Crippen LogP) is 1.74. The van der Waals surface area contributed by atoms with Crippen LogP contribution in [0.3, 0.4) is 0 Å². The molecule has 0 aliphatic carbocycles. The number of quaternary nitrogens is 1. The van der Waals surface area contributed by atoms with Gasteiger partial charge in [0.05, 0.1) is 17.3 Å². The highest BCUT2D eigenvalue weighted by molar-refractivity contribution is 7.18. The molecule has 25 heavy (non-hydrogen) atoms. The van der Waals surface area contributed by atoms with Gasteiger partial charge in [-0.25, -0.2) is 9.78 Å². The first-order chi connectivity index (χ1) is 11.9. The topological polar surface area (TPSA) is 75.5 Å². The maximum atomic E-state index is 12.1. The molecular weight excluding hydrogens is 336 g/mol. The molecule has 0 bridgehead atoms. The minimum Gasteiger partial charge on any atom is -0.338 e. The van der Waals surface area contributed by atoms with Crippen LogP contribution in [0.2, 0.25) is 0 Å². The van der Waals surface area contributed by atoms with Crippen molar-refractivity contribution in [3.05, 3.63) is 29.3 Å². The van der Waals surface area contributed by atoms with Crippen LogP contribution in [0.4, 0.5) is 4.79 Å². The number of nitrogens with zero attached hydrogens (tertiary/aromatic N) is 1. The summed E-state index contributed by atoms with van der Waals surface area (Å²) in [6.07, 6.45) is 0.890. The zero-order valence-electron chi connectivity index (χ0n) is 15.3. The van der Waals surface area contributed by atoms with Gasteiger partial charge in [-0.1, -0.05) is 26.0 Å². The standard InChI is InChI=1S/C18H26N4O2S/c1-12(2)9-10-19-18(24)21-16(23)11-22(4)13(3)17-20-14-7-5-6-8-15(14)25-17/h5-8,12-13H,9-11H2,1-4H3,(H2,19,21,23,24)/p+1/t13-/m1/s1. The van der Waals surface area contributed by atoms with Crippen LogP contribution in [0.25, 0.3) is 10.2 Å². The Kier molecular flexibility index (Phi) is 6.90. The van der Waals surface area contributed by atoms with Crippen molar-refractivity contribution in [1.29, 1.82) is 0 Å². The van der Waals surface area contributed by atoms with E-state index in [1.807, 2.05) is 38.2 Å². The quantitative estimate of drug-likeness (QED) is 0.701. The summed E-state index contributed by atoms with van der Waals surface area (Å²) < 4.78 is 1.14. The van der Waals surface area contributed by atoms with E-state index in [0.29, 0.717) is 12.5 Å². The highest BCUT2D eigenvalue weighted by Gasteiger charge is 2.22. The van der Waals surface area contributed by atoms with Crippen molar-refractivity contribution < 1.29 is 14.5 Å². The Bertz CT molecular complexity index is 696. The predicted molar refractivity (Wildman–Crippen MR) is 101 cm³/mol. The van der Waals surface area contributed by atoms with Crippen LogP contribution >= 0.6 is 11.3 Å². The highest BCUT2D eigenvalue weighted by atomic mass is 32.1. The van der Waals surface area contributed by atoms with Crippen LogP contribution < -0.4 is 15.5 Å². The fourth-order valence-corrected chi connectivity index (χ4v) is 3.49. The van der Waals surface area contributed by atoms with E-state index in [9.17, 15) is 9.59 Å². The SMILES string of the molecule is CC(C)CCNC(=O)NC(=O)C[NH+](C)[C@H](C)c1nc2ccccc2s1. The number of urea groups is 1. The molecule has 0 saturated heterocycles. The lowest BCUT2D eigenvalue weighted by molar-refractivity contribution is -0.902. The van der Waals surface area contributed by atoms with Crippen molar-refractivity contribution in [3.8, 4) is 0 Å². The van der Waals surface area contributed by atoms with Crippen molar-refractivity contribution in [2.75, 3.05) is 20.1 Å². The third-order valence-electron chi connectivity index (χ3n) is 4.12. The van der Waals surface area contributed by atoms with Gasteiger partial charge in [0.25, 0.3) is 5.91 Å². The van der Waals surface area contributed by atoms with Crippen molar-refractivity contribution >= 4 is 33.5 Å². The minimum absolute atomic E-state index is 0.0761. The molecule has 1 aromatic carbocycles. The van der Waals surface area contributed by atoms with Gasteiger partial charge in [0, 0.05) is 6.54 Å². The van der Waals surface area contributed by atoms with E-state index in [2.05, 4.69) is 29.5 Å². The number of para-hydroxylation sites is 1. The molecule has 136 valence electrons. The number of hydrogen-bond acceptors (Lipinski definition) is 4. The first kappa shape index (κ1) is 19.3. The van der Waals surface area contributed by atoms with Crippen LogP contribution in [-0.4, -0.2) is 37.1 Å². The fraction of sp³-hybridized carbons (Fsp3) is 0.500. The van der Waals surface area contributed by atoms with Crippen LogP contribution in [0.15, 0.2) is 24.3 Å². The van der Waals surface area contributed by atoms with Crippen molar-refractivity contribution in [3.63, 3.8) is 0 Å². The second-order valence-electron chi connectivity index (χ2n) is 6.75. The first-order valence-corrected chi connectivity index (χ1v) is 9.44. The van der Waals surface area contributed by atoms with Gasteiger partial charge in [-0.3, -0.25) is 10.1 Å². The van der Waals surface area contributed by atoms with Gasteiger partial charge in [0.2, 0.25) is 0 Å². The zero-order valence-corrected chi connectivity index (χ0v) is 16.1. The Balaban J connectivity index is 1.84. The number of carbonyl (C=O) groups is 2. The number of thiazole rings is 1. The molecule has 3 N–H and O–H groups in total. The average molecular weight is 364 g/mol. The van der Waals surface area contributed by atoms with E-state index in [4.69, 9.17) is 0 Å². The summed E-state index contributed by atoms with van der Waals surface area (Å²) in [5.74, 6) is 0.230. The lowest BCUT2D eigenvalue weighted by Crippen LogP contribution is -3.10. The first-order valence-electron chi connectivity index (χ1n) is 8.62. The van der Waals surface area contributed by atoms with Gasteiger partial charge in [0.15, 0.2) is 11.6 Å². The normalized spacial score (nSPS) is 13.6. The van der Waals surface area contributed by atoms with Gasteiger partial charge >= 0.3 is 6.03 Å². The largest absolute Gasteiger partial charge is 0.338 e. The number of amides is 3. The van der Waals surface area contributed by atoms with E-state index in [0.717, 1.165) is 26.5 Å². The van der Waals surface area contributed by atoms with Gasteiger partial charge in [0.1, 0.15) is 6.04 Å². The van der Waals surface area contributed by atoms with Crippen molar-refractivity contribution in [1.82, 2.24) is 15.6 Å². The summed E-state index contributed by atoms with van der Waals surface area (Å²) in [5, 5.41) is 6.09. The number of hydrogen-bond donors (Lipinski definition) is 3. The molecule has 0 spiro atoms. The monoisotopic (exact) mass is 363 g/mol. The average Bonchev–Trinajstić information content (AvgIpc) is 2.97. The third-order valence-corrected chi connectivity index (χ3v) is 5.34. The van der Waals surface area contributed by atoms with Crippen LogP contribution in [0.1, 0.15) is 38.2 Å². The molecule has 1 unspecified atom stereocenters. The third kappa shape index (κ3) is 5.79. The van der Waals surface area contributed by atoms with Crippen LogP contribution in [0.5, 0.6) is 0 Å². The van der Waals surface area contributed by atoms with Crippen LogP contribution in [-0.2, 0) is 4.79 Å². The molecule has 2 atom stereocenters. The molecule has 0 radical (unpaired) electrons. The summed E-state index contributed by atoms with van der Waals surface area (Å²) in [4.78, 5) is 29.4. The molecular formula is C18H27N4O2S+. The van der Waals surface area contributed by atoms with E-state index in [1.165, 1.54) is 0 Å². The van der Waals surface area contributed by atoms with Crippen molar-refractivity contribution in [2.24, 2.45) is 5.92 Å². The Labute approximate surface area is 152 Å². The molecule has 2 rings (SSSR count). The second-order valence-corrected chi connectivity index (χ2v) is 7.81. The molecule has 1 aromatic heterocycles. The number of rotatable bonds is 7. The number of likely N-dealkylation sites (N-methyl/N-ethyl adjacent to an activating group) is 1. The van der Waals surface area contributed by atoms with E-state index >= 15 is 0 Å². The number of nitrogens with one attached hydrogen (secondary N) is 3. The molecule has 6 nitrogen and oxygen atoms in total. The fourth-order valence-electron chi connectivity index (χ4n) is 2.38.